The highest BCUT2D eigenvalue weighted by Gasteiger charge is 2.43. The number of hydrogen-bond donors (Lipinski definition) is 2. The van der Waals surface area contributed by atoms with E-state index in [4.69, 9.17) is 4.42 Å². The highest BCUT2D eigenvalue weighted by Crippen LogP contribution is 2.35. The smallest absolute Gasteiger partial charge is 0.417 e. The summed E-state index contributed by atoms with van der Waals surface area (Å²) in [5.41, 5.74) is -0.0148. The first-order valence-electron chi connectivity index (χ1n) is 7.67. The van der Waals surface area contributed by atoms with Crippen LogP contribution in [0.1, 0.15) is 17.6 Å². The van der Waals surface area contributed by atoms with Crippen molar-refractivity contribution in [1.29, 1.82) is 0 Å². The molecule has 0 spiro atoms. The molecule has 1 heterocycles. The Labute approximate surface area is 153 Å². The van der Waals surface area contributed by atoms with E-state index >= 15 is 0 Å². The van der Waals surface area contributed by atoms with E-state index in [2.05, 4.69) is 15.5 Å². The van der Waals surface area contributed by atoms with Crippen molar-refractivity contribution in [2.45, 2.75) is 18.5 Å². The summed E-state index contributed by atoms with van der Waals surface area (Å²) in [6.45, 7) is 0. The second-order valence-electron chi connectivity index (χ2n) is 5.64. The number of nitrogens with zero attached hydrogens (tertiary/aromatic N) is 2. The van der Waals surface area contributed by atoms with Crippen molar-refractivity contribution in [3.8, 4) is 11.5 Å². The first-order chi connectivity index (χ1) is 13.1. The van der Waals surface area contributed by atoms with Crippen LogP contribution in [0.5, 0.6) is 0 Å². The topological polar surface area (TPSA) is 71.2 Å². The lowest BCUT2D eigenvalue weighted by Gasteiger charge is -2.12. The number of aliphatic hydroxyl groups excluding tert-OH is 1. The number of nitrogens with one attached hydrogen (secondary N) is 1. The van der Waals surface area contributed by atoms with Crippen LogP contribution in [-0.4, -0.2) is 21.5 Å². The summed E-state index contributed by atoms with van der Waals surface area (Å²) in [6, 6.07) is 10.3. The Kier molecular flexibility index (Phi) is 5.02. The zero-order valence-electron chi connectivity index (χ0n) is 13.7. The molecule has 0 bridgehead atoms. The summed E-state index contributed by atoms with van der Waals surface area (Å²) in [4.78, 5) is 0. The lowest BCUT2D eigenvalue weighted by atomic mass is 10.1. The summed E-state index contributed by atoms with van der Waals surface area (Å²) < 4.78 is 80.5. The van der Waals surface area contributed by atoms with Crippen LogP contribution in [0.25, 0.3) is 11.5 Å². The maximum atomic E-state index is 12.6. The fourth-order valence-corrected chi connectivity index (χ4v) is 2.27. The third-order valence-electron chi connectivity index (χ3n) is 3.63. The van der Waals surface area contributed by atoms with Crippen LogP contribution >= 0.6 is 0 Å². The zero-order chi connectivity index (χ0) is 20.5. The molecule has 3 aromatic rings. The van der Waals surface area contributed by atoms with Crippen LogP contribution in [0, 0.1) is 0 Å². The minimum Gasteiger partial charge on any atom is -0.417 e. The van der Waals surface area contributed by atoms with Crippen LogP contribution < -0.4 is 5.32 Å². The van der Waals surface area contributed by atoms with Crippen molar-refractivity contribution in [2.24, 2.45) is 0 Å². The van der Waals surface area contributed by atoms with Gasteiger partial charge in [0.2, 0.25) is 12.0 Å². The fourth-order valence-electron chi connectivity index (χ4n) is 2.27. The third-order valence-corrected chi connectivity index (χ3v) is 3.63. The lowest BCUT2D eigenvalue weighted by molar-refractivity contribution is -0.213. The van der Waals surface area contributed by atoms with Crippen molar-refractivity contribution < 1.29 is 35.9 Å². The van der Waals surface area contributed by atoms with E-state index in [0.29, 0.717) is 11.4 Å². The predicted octanol–water partition coefficient (Wildman–Crippen LogP) is 5.09. The van der Waals surface area contributed by atoms with Crippen LogP contribution in [0.3, 0.4) is 0 Å². The van der Waals surface area contributed by atoms with Gasteiger partial charge in [0.05, 0.1) is 16.8 Å². The van der Waals surface area contributed by atoms with Gasteiger partial charge in [-0.25, -0.2) is 0 Å². The number of rotatable bonds is 4. The number of para-hydroxylation sites is 1. The van der Waals surface area contributed by atoms with Gasteiger partial charge in [-0.15, -0.1) is 10.2 Å². The van der Waals surface area contributed by atoms with Gasteiger partial charge in [-0.1, -0.05) is 12.1 Å². The Hall–Kier alpha value is -3.08. The Morgan fingerprint density at radius 2 is 1.54 bits per heavy atom. The number of benzene rings is 2. The molecule has 1 aromatic heterocycles. The van der Waals surface area contributed by atoms with Crippen LogP contribution in [0.2, 0.25) is 0 Å². The molecule has 2 aromatic carbocycles. The molecule has 28 heavy (non-hydrogen) atoms. The largest absolute Gasteiger partial charge is 0.423 e. The van der Waals surface area contributed by atoms with Gasteiger partial charge in [0.1, 0.15) is 0 Å². The molecule has 5 nitrogen and oxygen atoms in total. The van der Waals surface area contributed by atoms with Gasteiger partial charge in [-0.05, 0) is 36.4 Å². The first-order valence-corrected chi connectivity index (χ1v) is 7.67. The summed E-state index contributed by atoms with van der Waals surface area (Å²) in [6.07, 6.45) is -12.4. The van der Waals surface area contributed by atoms with Crippen molar-refractivity contribution in [3.05, 3.63) is 60.0 Å². The molecule has 0 amide bonds. The first kappa shape index (κ1) is 19.7. The van der Waals surface area contributed by atoms with E-state index in [0.717, 1.165) is 12.1 Å². The van der Waals surface area contributed by atoms with Crippen molar-refractivity contribution in [1.82, 2.24) is 10.2 Å². The molecular weight excluding hydrogens is 392 g/mol. The Morgan fingerprint density at radius 1 is 0.893 bits per heavy atom. The second-order valence-corrected chi connectivity index (χ2v) is 5.64. The minimum atomic E-state index is -4.97. The van der Waals surface area contributed by atoms with Gasteiger partial charge in [0.15, 0.2) is 0 Å². The fraction of sp³-hybridized carbons (Fsp3) is 0.176. The van der Waals surface area contributed by atoms with Crippen LogP contribution in [0.4, 0.5) is 37.7 Å². The zero-order valence-corrected chi connectivity index (χ0v) is 13.7. The summed E-state index contributed by atoms with van der Waals surface area (Å²) >= 11 is 0. The average Bonchev–Trinajstić information content (AvgIpc) is 3.10. The Bertz CT molecular complexity index is 951. The quantitative estimate of drug-likeness (QED) is 0.594. The van der Waals surface area contributed by atoms with Gasteiger partial charge >= 0.3 is 12.4 Å². The Balaban J connectivity index is 1.87. The molecule has 0 fully saturated rings. The van der Waals surface area contributed by atoms with Gasteiger partial charge < -0.3 is 14.8 Å². The molecule has 11 heteroatoms. The maximum Gasteiger partial charge on any atom is 0.423 e. The standard InChI is InChI=1S/C17H11F6N3O2/c18-16(19,20)9-5-7-10(8-6-9)24-12-4-2-1-3-11(12)14-25-26-15(28-14)13(27)17(21,22)23/h1-8,13,24,27H. The highest BCUT2D eigenvalue weighted by molar-refractivity contribution is 5.76. The molecule has 3 rings (SSSR count). The Morgan fingerprint density at radius 3 is 2.14 bits per heavy atom. The van der Waals surface area contributed by atoms with E-state index in [1.54, 1.807) is 12.1 Å². The summed E-state index contributed by atoms with van der Waals surface area (Å²) in [5, 5.41) is 18.7. The number of halogens is 6. The van der Waals surface area contributed by atoms with Crippen molar-refractivity contribution in [2.75, 3.05) is 5.32 Å². The molecule has 0 saturated heterocycles. The van der Waals surface area contributed by atoms with E-state index in [1.807, 2.05) is 0 Å². The average molecular weight is 403 g/mol. The molecule has 0 aliphatic heterocycles. The van der Waals surface area contributed by atoms with Gasteiger partial charge in [-0.3, -0.25) is 0 Å². The van der Waals surface area contributed by atoms with E-state index in [1.165, 1.54) is 24.3 Å². The molecule has 0 aliphatic carbocycles. The maximum absolute atomic E-state index is 12.6. The molecule has 0 aliphatic rings. The lowest BCUT2D eigenvalue weighted by Crippen LogP contribution is -2.20. The van der Waals surface area contributed by atoms with Crippen LogP contribution in [0.15, 0.2) is 52.9 Å². The monoisotopic (exact) mass is 403 g/mol. The van der Waals surface area contributed by atoms with E-state index < -0.39 is 29.9 Å². The molecule has 1 unspecified atom stereocenters. The molecular formula is C17H11F6N3O2. The molecule has 1 atom stereocenters. The van der Waals surface area contributed by atoms with Gasteiger partial charge in [-0.2, -0.15) is 26.3 Å². The minimum absolute atomic E-state index is 0.204. The predicted molar refractivity (Wildman–Crippen MR) is 85.5 cm³/mol. The summed E-state index contributed by atoms with van der Waals surface area (Å²) in [5.74, 6) is -1.32. The molecule has 148 valence electrons. The van der Waals surface area contributed by atoms with E-state index in [9.17, 15) is 31.4 Å². The van der Waals surface area contributed by atoms with E-state index in [-0.39, 0.29) is 11.5 Å². The van der Waals surface area contributed by atoms with Gasteiger partial charge in [0, 0.05) is 5.69 Å². The number of alkyl halides is 6. The third kappa shape index (κ3) is 4.25. The molecule has 0 saturated carbocycles. The second kappa shape index (κ2) is 7.15. The molecule has 2 N–H and O–H groups in total. The SMILES string of the molecule is OC(c1nnc(-c2ccccc2Nc2ccc(C(F)(F)F)cc2)o1)C(F)(F)F. The van der Waals surface area contributed by atoms with Crippen molar-refractivity contribution >= 4 is 11.4 Å². The summed E-state index contributed by atoms with van der Waals surface area (Å²) in [7, 11) is 0. The van der Waals surface area contributed by atoms with Crippen LogP contribution in [-0.2, 0) is 6.18 Å². The highest BCUT2D eigenvalue weighted by atomic mass is 19.4. The number of hydrogen-bond acceptors (Lipinski definition) is 5. The van der Waals surface area contributed by atoms with Crippen molar-refractivity contribution in [3.63, 3.8) is 0 Å². The number of aliphatic hydroxyl groups is 1. The number of anilines is 2. The molecule has 0 radical (unpaired) electrons. The van der Waals surface area contributed by atoms with Gasteiger partial charge in [0.25, 0.3) is 5.89 Å². The number of aromatic nitrogens is 2. The normalized spacial score (nSPS) is 13.4.